The maximum absolute atomic E-state index is 12.3. The summed E-state index contributed by atoms with van der Waals surface area (Å²) in [5, 5.41) is 38.6. The molecule has 1 heterocycles. The van der Waals surface area contributed by atoms with Crippen LogP contribution in [0.25, 0.3) is 0 Å². The van der Waals surface area contributed by atoms with E-state index in [0.29, 0.717) is 6.61 Å². The molecule has 0 aromatic heterocycles. The van der Waals surface area contributed by atoms with E-state index in [1.54, 1.807) is 18.2 Å². The van der Waals surface area contributed by atoms with E-state index in [0.717, 1.165) is 32.1 Å². The molecule has 11 heteroatoms. The third kappa shape index (κ3) is 7.05. The molecule has 1 saturated heterocycles. The Bertz CT molecular complexity index is 739. The Balaban J connectivity index is 1.98. The molecular weight excluding hydrogens is 420 g/mol. The molecule has 0 amide bonds. The van der Waals surface area contributed by atoms with Gasteiger partial charge in [0.1, 0.15) is 24.4 Å². The van der Waals surface area contributed by atoms with Crippen LogP contribution in [0.1, 0.15) is 39.0 Å². The number of hydrogen-bond donors (Lipinski definition) is 4. The summed E-state index contributed by atoms with van der Waals surface area (Å²) in [5.41, 5.74) is 0. The Hall–Kier alpha value is -1.47. The molecule has 10 nitrogen and oxygen atoms in total. The molecule has 0 spiro atoms. The molecule has 0 aliphatic carbocycles. The summed E-state index contributed by atoms with van der Waals surface area (Å²) in [6, 6.07) is 6.13. The van der Waals surface area contributed by atoms with Crippen molar-refractivity contribution in [3.8, 4) is 11.5 Å². The van der Waals surface area contributed by atoms with Gasteiger partial charge in [0.2, 0.25) is 6.29 Å². The van der Waals surface area contributed by atoms with Gasteiger partial charge >= 0.3 is 10.4 Å². The lowest BCUT2D eigenvalue weighted by Gasteiger charge is -2.38. The summed E-state index contributed by atoms with van der Waals surface area (Å²) in [4.78, 5) is 0. The highest BCUT2D eigenvalue weighted by molar-refractivity contribution is 7.82. The van der Waals surface area contributed by atoms with E-state index >= 15 is 0 Å². The number of unbranched alkanes of at least 4 members (excludes halogenated alkanes) is 4. The summed E-state index contributed by atoms with van der Waals surface area (Å²) >= 11 is 0. The Kier molecular flexibility index (Phi) is 9.75. The molecule has 30 heavy (non-hydrogen) atoms. The number of ether oxygens (including phenoxy) is 2. The number of para-hydroxylation sites is 2. The van der Waals surface area contributed by atoms with Crippen LogP contribution in [0.3, 0.4) is 0 Å². The normalized spacial score (nSPS) is 27.0. The fraction of sp³-hybridized carbons (Fsp3) is 0.684. The van der Waals surface area contributed by atoms with E-state index < -0.39 is 47.7 Å². The molecule has 1 aromatic carbocycles. The minimum atomic E-state index is -4.74. The molecule has 4 N–H and O–H groups in total. The first kappa shape index (κ1) is 24.8. The van der Waals surface area contributed by atoms with Crippen LogP contribution in [0.15, 0.2) is 24.3 Å². The molecule has 2 rings (SSSR count). The first-order valence-corrected chi connectivity index (χ1v) is 11.3. The molecule has 0 radical (unpaired) electrons. The van der Waals surface area contributed by atoms with Crippen LogP contribution in [0.4, 0.5) is 0 Å². The topological polar surface area (TPSA) is 152 Å². The Morgan fingerprint density at radius 2 is 1.63 bits per heavy atom. The number of hydrogen-bond acceptors (Lipinski definition) is 10. The van der Waals surface area contributed by atoms with Crippen LogP contribution in [-0.2, 0) is 19.3 Å². The predicted octanol–water partition coefficient (Wildman–Crippen LogP) is 0.476. The van der Waals surface area contributed by atoms with Crippen LogP contribution in [0.2, 0.25) is 0 Å². The molecule has 1 aromatic rings. The predicted molar refractivity (Wildman–Crippen MR) is 105 cm³/mol. The third-order valence-corrected chi connectivity index (χ3v) is 5.42. The van der Waals surface area contributed by atoms with Crippen molar-refractivity contribution in [2.45, 2.75) is 69.7 Å². The van der Waals surface area contributed by atoms with Crippen molar-refractivity contribution < 1.29 is 46.7 Å². The summed E-state index contributed by atoms with van der Waals surface area (Å²) in [6.07, 6.45) is -3.31. The van der Waals surface area contributed by atoms with Crippen LogP contribution >= 0.6 is 0 Å². The first-order valence-electron chi connectivity index (χ1n) is 9.94. The summed E-state index contributed by atoms with van der Waals surface area (Å²) in [6.45, 7) is 1.79. The minimum Gasteiger partial charge on any atom is -0.490 e. The molecule has 1 aliphatic rings. The summed E-state index contributed by atoms with van der Waals surface area (Å²) in [5.74, 6) is 0.0876. The smallest absolute Gasteiger partial charge is 0.451 e. The van der Waals surface area contributed by atoms with Crippen molar-refractivity contribution in [1.29, 1.82) is 0 Å². The van der Waals surface area contributed by atoms with Gasteiger partial charge in [-0.1, -0.05) is 44.7 Å². The van der Waals surface area contributed by atoms with Crippen molar-refractivity contribution in [3.05, 3.63) is 24.3 Å². The van der Waals surface area contributed by atoms with Gasteiger partial charge in [-0.3, -0.25) is 0 Å². The van der Waals surface area contributed by atoms with Gasteiger partial charge < -0.3 is 34.1 Å². The molecule has 1 fully saturated rings. The van der Waals surface area contributed by atoms with Gasteiger partial charge in [-0.05, 0) is 18.6 Å². The number of aliphatic hydroxyl groups is 4. The van der Waals surface area contributed by atoms with Gasteiger partial charge in [0.25, 0.3) is 0 Å². The molecule has 0 saturated carbocycles. The molecule has 5 atom stereocenters. The van der Waals surface area contributed by atoms with Gasteiger partial charge in [0.15, 0.2) is 11.5 Å². The Labute approximate surface area is 176 Å². The average Bonchev–Trinajstić information content (AvgIpc) is 2.71. The minimum absolute atomic E-state index is 0.115. The maximum Gasteiger partial charge on any atom is 0.451 e. The second kappa shape index (κ2) is 11.8. The molecule has 0 bridgehead atoms. The van der Waals surface area contributed by atoms with E-state index in [4.69, 9.17) is 17.8 Å². The van der Waals surface area contributed by atoms with Crippen molar-refractivity contribution in [2.75, 3.05) is 13.2 Å². The van der Waals surface area contributed by atoms with Crippen molar-refractivity contribution in [3.63, 3.8) is 0 Å². The molecular formula is C19H30O10S. The lowest BCUT2D eigenvalue weighted by molar-refractivity contribution is -0.277. The van der Waals surface area contributed by atoms with Gasteiger partial charge in [0, 0.05) is 0 Å². The zero-order chi connectivity index (χ0) is 22.1. The number of rotatable bonds is 12. The zero-order valence-corrected chi connectivity index (χ0v) is 17.6. The van der Waals surface area contributed by atoms with E-state index in [1.807, 2.05) is 0 Å². The van der Waals surface area contributed by atoms with Crippen LogP contribution in [-0.4, -0.2) is 72.8 Å². The van der Waals surface area contributed by atoms with Gasteiger partial charge in [-0.15, -0.1) is 0 Å². The largest absolute Gasteiger partial charge is 0.490 e. The van der Waals surface area contributed by atoms with Gasteiger partial charge in [-0.25, -0.2) is 4.18 Å². The standard InChI is InChI=1S/C19H30O10S/c1-2-3-4-5-8-11-26-13-9-6-7-10-14(13)28-30(24,25)29-19-18(23)17(22)16(21)15(12-20)27-19/h6-7,9-10,15-23H,2-5,8,11-12H2,1H3/t15-,16-,17+,18-,19+/m1/s1. The van der Waals surface area contributed by atoms with E-state index in [-0.39, 0.29) is 11.5 Å². The fourth-order valence-electron chi connectivity index (χ4n) is 2.92. The lowest BCUT2D eigenvalue weighted by atomic mass is 10.00. The number of aliphatic hydroxyl groups excluding tert-OH is 4. The molecule has 172 valence electrons. The second-order valence-electron chi connectivity index (χ2n) is 6.99. The molecule has 0 unspecified atom stereocenters. The number of benzene rings is 1. The van der Waals surface area contributed by atoms with Crippen molar-refractivity contribution in [2.24, 2.45) is 0 Å². The van der Waals surface area contributed by atoms with Crippen LogP contribution < -0.4 is 8.92 Å². The SMILES string of the molecule is CCCCCCCOc1ccccc1OS(=O)(=O)O[C@@H]1O[C@H](CO)[C@@H](O)[C@H](O)[C@H]1O. The van der Waals surface area contributed by atoms with Crippen LogP contribution in [0, 0.1) is 0 Å². The third-order valence-electron chi connectivity index (χ3n) is 4.61. The first-order chi connectivity index (χ1) is 14.3. The molecule has 1 aliphatic heterocycles. The highest BCUT2D eigenvalue weighted by Crippen LogP contribution is 2.30. The average molecular weight is 451 g/mol. The fourth-order valence-corrected chi connectivity index (χ4v) is 3.71. The van der Waals surface area contributed by atoms with Crippen molar-refractivity contribution in [1.82, 2.24) is 0 Å². The summed E-state index contributed by atoms with van der Waals surface area (Å²) in [7, 11) is -4.74. The highest BCUT2D eigenvalue weighted by atomic mass is 32.3. The van der Waals surface area contributed by atoms with Crippen molar-refractivity contribution >= 4 is 10.4 Å². The van der Waals surface area contributed by atoms with E-state index in [2.05, 4.69) is 6.92 Å². The zero-order valence-electron chi connectivity index (χ0n) is 16.8. The highest BCUT2D eigenvalue weighted by Gasteiger charge is 2.46. The van der Waals surface area contributed by atoms with Gasteiger partial charge in [0.05, 0.1) is 13.2 Å². The second-order valence-corrected chi connectivity index (χ2v) is 8.17. The van der Waals surface area contributed by atoms with Gasteiger partial charge in [-0.2, -0.15) is 8.42 Å². The Morgan fingerprint density at radius 1 is 0.967 bits per heavy atom. The van der Waals surface area contributed by atoms with E-state index in [9.17, 15) is 28.8 Å². The Morgan fingerprint density at radius 3 is 2.30 bits per heavy atom. The summed E-state index contributed by atoms with van der Waals surface area (Å²) < 4.78 is 44.9. The monoisotopic (exact) mass is 450 g/mol. The lowest BCUT2D eigenvalue weighted by Crippen LogP contribution is -2.59. The van der Waals surface area contributed by atoms with E-state index in [1.165, 1.54) is 6.07 Å². The van der Waals surface area contributed by atoms with Crippen LogP contribution in [0.5, 0.6) is 11.5 Å². The maximum atomic E-state index is 12.3. The quantitative estimate of drug-likeness (QED) is 0.331.